The molecule has 0 aromatic heterocycles. The van der Waals surface area contributed by atoms with Crippen molar-refractivity contribution in [1.29, 1.82) is 5.41 Å². The van der Waals surface area contributed by atoms with Gasteiger partial charge in [0.25, 0.3) is 0 Å². The maximum atomic E-state index is 14.6. The summed E-state index contributed by atoms with van der Waals surface area (Å²) in [4.78, 5) is 13.0. The number of hydrogen-bond donors (Lipinski definition) is 3. The summed E-state index contributed by atoms with van der Waals surface area (Å²) in [6, 6.07) is 27.8. The number of carbonyl (C=O) groups excluding carboxylic acids is 1. The molecule has 0 heterocycles. The first-order chi connectivity index (χ1) is 18.7. The fraction of sp³-hybridized carbons (Fsp3) is 0.0714. The topological polar surface area (TPSA) is 124 Å². The number of benzene rings is 4. The van der Waals surface area contributed by atoms with E-state index in [1.165, 1.54) is 24.3 Å². The number of ether oxygens (including phenoxy) is 1. The molecule has 0 aliphatic carbocycles. The molecule has 4 aromatic rings. The zero-order chi connectivity index (χ0) is 27.8. The first-order valence-electron chi connectivity index (χ1n) is 11.6. The van der Waals surface area contributed by atoms with E-state index in [4.69, 9.17) is 48.1 Å². The molecule has 0 aliphatic heterocycles. The van der Waals surface area contributed by atoms with Crippen LogP contribution in [0.25, 0.3) is 0 Å². The molecule has 4 rings (SSSR count). The van der Waals surface area contributed by atoms with Gasteiger partial charge in [-0.3, -0.25) is 5.41 Å². The normalized spacial score (nSPS) is 11.7. The summed E-state index contributed by atoms with van der Waals surface area (Å²) in [7, 11) is -4.30. The van der Waals surface area contributed by atoms with Gasteiger partial charge in [-0.15, -0.1) is 0 Å². The van der Waals surface area contributed by atoms with Crippen molar-refractivity contribution in [2.45, 2.75) is 12.4 Å². The van der Waals surface area contributed by atoms with E-state index in [0.29, 0.717) is 21.2 Å². The maximum Gasteiger partial charge on any atom is 0.457 e. The van der Waals surface area contributed by atoms with Gasteiger partial charge in [-0.05, 0) is 59.7 Å². The van der Waals surface area contributed by atoms with E-state index in [2.05, 4.69) is 5.32 Å². The minimum absolute atomic E-state index is 0.0109. The first kappa shape index (κ1) is 28.0. The van der Waals surface area contributed by atoms with Gasteiger partial charge >= 0.3 is 13.7 Å². The van der Waals surface area contributed by atoms with Crippen LogP contribution in [0.1, 0.15) is 22.5 Å². The Morgan fingerprint density at radius 1 is 0.821 bits per heavy atom. The highest BCUT2D eigenvalue weighted by atomic mass is 35.5. The smallest absolute Gasteiger partial charge is 0.445 e. The molecule has 0 radical (unpaired) electrons. The largest absolute Gasteiger partial charge is 0.457 e. The molecule has 200 valence electrons. The van der Waals surface area contributed by atoms with Crippen LogP contribution in [-0.2, 0) is 15.9 Å². The Bertz CT molecular complexity index is 1420. The predicted octanol–water partition coefficient (Wildman–Crippen LogP) is 7.55. The van der Waals surface area contributed by atoms with Crippen molar-refractivity contribution >= 4 is 42.7 Å². The first-order valence-corrected chi connectivity index (χ1v) is 14.0. The molecular formula is C28H24Cl2N3O5P. The van der Waals surface area contributed by atoms with Crippen LogP contribution < -0.4 is 20.1 Å². The van der Waals surface area contributed by atoms with E-state index in [0.717, 1.165) is 5.56 Å². The lowest BCUT2D eigenvalue weighted by Gasteiger charge is -2.28. The summed E-state index contributed by atoms with van der Waals surface area (Å²) in [5, 5.41) is 11.2. The number of nitrogens with two attached hydrogens (primary N) is 1. The second kappa shape index (κ2) is 12.7. The van der Waals surface area contributed by atoms with Crippen LogP contribution in [0, 0.1) is 5.41 Å². The van der Waals surface area contributed by atoms with Crippen molar-refractivity contribution in [1.82, 2.24) is 5.32 Å². The maximum absolute atomic E-state index is 14.6. The highest BCUT2D eigenvalue weighted by Gasteiger charge is 2.42. The number of amidine groups is 1. The van der Waals surface area contributed by atoms with E-state index >= 15 is 0 Å². The third-order valence-electron chi connectivity index (χ3n) is 5.41. The van der Waals surface area contributed by atoms with Crippen LogP contribution in [0.5, 0.6) is 11.5 Å². The highest BCUT2D eigenvalue weighted by molar-refractivity contribution is 7.55. The highest BCUT2D eigenvalue weighted by Crippen LogP contribution is 2.59. The predicted molar refractivity (Wildman–Crippen MR) is 152 cm³/mol. The monoisotopic (exact) mass is 583 g/mol. The molecule has 11 heteroatoms. The summed E-state index contributed by atoms with van der Waals surface area (Å²) in [6.45, 7) is -0.0109. The van der Waals surface area contributed by atoms with Gasteiger partial charge in [-0.1, -0.05) is 77.8 Å². The summed E-state index contributed by atoms with van der Waals surface area (Å²) in [5.74, 6) is -1.08. The summed E-state index contributed by atoms with van der Waals surface area (Å²) in [6.07, 6.45) is -0.848. The summed E-state index contributed by atoms with van der Waals surface area (Å²) < 4.78 is 31.9. The lowest BCUT2D eigenvalue weighted by molar-refractivity contribution is 0.137. The van der Waals surface area contributed by atoms with Gasteiger partial charge in [0, 0.05) is 15.6 Å². The van der Waals surface area contributed by atoms with Crippen LogP contribution in [0.3, 0.4) is 0 Å². The Kier molecular flexibility index (Phi) is 9.15. The molecule has 0 aliphatic rings. The minimum atomic E-state index is -4.30. The van der Waals surface area contributed by atoms with Crippen molar-refractivity contribution in [2.75, 3.05) is 0 Å². The minimum Gasteiger partial charge on any atom is -0.445 e. The number of rotatable bonds is 10. The van der Waals surface area contributed by atoms with Crippen molar-refractivity contribution in [3.63, 3.8) is 0 Å². The van der Waals surface area contributed by atoms with E-state index in [-0.39, 0.29) is 23.9 Å². The standard InChI is InChI=1S/C28H24Cl2N3O5P/c29-22-10-14-24(15-11-22)37-39(35,38-25-16-12-23(30)13-17-25)27(21-8-6-20(7-9-21)26(31)32)33-28(34)36-18-19-4-2-1-3-5-19/h1-17,27H,18H2,(H3,31,32)(H,33,34). The quantitative estimate of drug-likeness (QED) is 0.100. The van der Waals surface area contributed by atoms with Gasteiger partial charge in [-0.2, -0.15) is 0 Å². The Morgan fingerprint density at radius 2 is 1.33 bits per heavy atom. The SMILES string of the molecule is N=C(N)c1ccc(C(NC(=O)OCc2ccccc2)P(=O)(Oc2ccc(Cl)cc2)Oc2ccc(Cl)cc2)cc1. The molecule has 4 aromatic carbocycles. The Labute approximate surface area is 235 Å². The summed E-state index contributed by atoms with van der Waals surface area (Å²) >= 11 is 12.0. The third kappa shape index (κ3) is 7.77. The molecule has 1 atom stereocenters. The zero-order valence-corrected chi connectivity index (χ0v) is 22.8. The second-order valence-electron chi connectivity index (χ2n) is 8.27. The lowest BCUT2D eigenvalue weighted by atomic mass is 10.1. The molecule has 0 bridgehead atoms. The Hall–Kier alpha value is -3.97. The molecule has 0 fully saturated rings. The number of carbonyl (C=O) groups is 1. The fourth-order valence-electron chi connectivity index (χ4n) is 3.48. The zero-order valence-electron chi connectivity index (χ0n) is 20.4. The van der Waals surface area contributed by atoms with Crippen LogP contribution in [0.2, 0.25) is 10.0 Å². The molecular weight excluding hydrogens is 560 g/mol. The van der Waals surface area contributed by atoms with Gasteiger partial charge in [-0.25, -0.2) is 9.36 Å². The fourth-order valence-corrected chi connectivity index (χ4v) is 5.61. The van der Waals surface area contributed by atoms with Crippen LogP contribution in [-0.4, -0.2) is 11.9 Å². The van der Waals surface area contributed by atoms with E-state index in [1.54, 1.807) is 48.5 Å². The van der Waals surface area contributed by atoms with Crippen molar-refractivity contribution < 1.29 is 23.1 Å². The van der Waals surface area contributed by atoms with E-state index < -0.39 is 19.5 Å². The molecule has 1 amide bonds. The number of hydrogen-bond acceptors (Lipinski definition) is 6. The van der Waals surface area contributed by atoms with Crippen molar-refractivity contribution in [3.05, 3.63) is 130 Å². The third-order valence-corrected chi connectivity index (χ3v) is 7.91. The number of halogens is 2. The number of nitrogen functional groups attached to an aromatic ring is 1. The van der Waals surface area contributed by atoms with Gasteiger partial charge < -0.3 is 24.8 Å². The second-order valence-corrected chi connectivity index (χ2v) is 11.1. The van der Waals surface area contributed by atoms with Gasteiger partial charge in [0.15, 0.2) is 5.78 Å². The molecule has 4 N–H and O–H groups in total. The average Bonchev–Trinajstić information content (AvgIpc) is 2.94. The van der Waals surface area contributed by atoms with Gasteiger partial charge in [0.2, 0.25) is 0 Å². The summed E-state index contributed by atoms with van der Waals surface area (Å²) in [5.41, 5.74) is 7.17. The van der Waals surface area contributed by atoms with Crippen molar-refractivity contribution in [2.24, 2.45) is 5.73 Å². The van der Waals surface area contributed by atoms with Crippen molar-refractivity contribution in [3.8, 4) is 11.5 Å². The number of nitrogens with one attached hydrogen (secondary N) is 2. The average molecular weight is 584 g/mol. The van der Waals surface area contributed by atoms with E-state index in [1.807, 2.05) is 30.3 Å². The molecule has 0 saturated carbocycles. The van der Waals surface area contributed by atoms with Gasteiger partial charge in [0.05, 0.1) is 0 Å². The van der Waals surface area contributed by atoms with Crippen LogP contribution in [0.4, 0.5) is 4.79 Å². The molecule has 0 spiro atoms. The molecule has 0 saturated heterocycles. The van der Waals surface area contributed by atoms with Gasteiger partial charge in [0.1, 0.15) is 23.9 Å². The lowest BCUT2D eigenvalue weighted by Crippen LogP contribution is -2.31. The number of amides is 1. The van der Waals surface area contributed by atoms with Crippen LogP contribution in [0.15, 0.2) is 103 Å². The Morgan fingerprint density at radius 3 is 1.82 bits per heavy atom. The van der Waals surface area contributed by atoms with E-state index in [9.17, 15) is 9.36 Å². The number of alkyl carbamates (subject to hydrolysis) is 1. The van der Waals surface area contributed by atoms with Crippen LogP contribution >= 0.6 is 30.8 Å². The molecule has 1 unspecified atom stereocenters. The molecule has 39 heavy (non-hydrogen) atoms. The Balaban J connectivity index is 1.71. The molecule has 8 nitrogen and oxygen atoms in total.